The van der Waals surface area contributed by atoms with Crippen LogP contribution in [0.3, 0.4) is 0 Å². The molecule has 10 rings (SSSR count). The van der Waals surface area contributed by atoms with Gasteiger partial charge in [-0.05, 0) is 107 Å². The minimum absolute atomic E-state index is 0.392. The van der Waals surface area contributed by atoms with E-state index >= 15 is 0 Å². The van der Waals surface area contributed by atoms with Gasteiger partial charge in [0.1, 0.15) is 0 Å². The number of nitriles is 1. The molecule has 2 bridgehead atoms. The molecule has 0 saturated heterocycles. The number of hydrogen-bond acceptors (Lipinski definition) is 5. The summed E-state index contributed by atoms with van der Waals surface area (Å²) in [6, 6.07) is 37.9. The van der Waals surface area contributed by atoms with Crippen molar-refractivity contribution >= 4 is 0 Å². The molecule has 1 spiro atoms. The van der Waals surface area contributed by atoms with Gasteiger partial charge >= 0.3 is 0 Å². The summed E-state index contributed by atoms with van der Waals surface area (Å²) in [5.41, 5.74) is 10.9. The number of nitrogens with zero attached hydrogens (tertiary/aromatic N) is 5. The fourth-order valence-corrected chi connectivity index (χ4v) is 9.69. The Bertz CT molecular complexity index is 2260. The first-order chi connectivity index (χ1) is 23.2. The second-order valence-electron chi connectivity index (χ2n) is 13.8. The van der Waals surface area contributed by atoms with E-state index < -0.39 is 0 Å². The lowest BCUT2D eigenvalue weighted by molar-refractivity contribution is -0.144. The van der Waals surface area contributed by atoms with E-state index in [1.165, 1.54) is 47.9 Å². The number of fused-ring (bicyclic) bond motifs is 6. The van der Waals surface area contributed by atoms with Crippen molar-refractivity contribution in [3.8, 4) is 62.5 Å². The number of hydrogen-bond donors (Lipinski definition) is 0. The van der Waals surface area contributed by atoms with E-state index in [4.69, 9.17) is 15.0 Å². The molecule has 0 amide bonds. The number of benzene rings is 4. The monoisotopic (exact) mass is 605 g/mol. The van der Waals surface area contributed by atoms with Crippen LogP contribution in [0.25, 0.3) is 56.4 Å². The van der Waals surface area contributed by atoms with Gasteiger partial charge in [0.15, 0.2) is 17.5 Å². The Kier molecular flexibility index (Phi) is 5.69. The molecule has 2 heterocycles. The van der Waals surface area contributed by atoms with E-state index in [1.54, 1.807) is 0 Å². The molecule has 6 aromatic rings. The fourth-order valence-electron chi connectivity index (χ4n) is 9.69. The molecule has 0 radical (unpaired) electrons. The molecule has 47 heavy (non-hydrogen) atoms. The van der Waals surface area contributed by atoms with E-state index in [0.29, 0.717) is 40.3 Å². The Labute approximate surface area is 274 Å². The quantitative estimate of drug-likeness (QED) is 0.200. The third kappa shape index (κ3) is 3.88. The Hall–Kier alpha value is -5.47. The molecular formula is C42H31N5. The van der Waals surface area contributed by atoms with Crippen molar-refractivity contribution in [1.29, 1.82) is 5.26 Å². The summed E-state index contributed by atoms with van der Waals surface area (Å²) >= 11 is 0. The van der Waals surface area contributed by atoms with E-state index in [2.05, 4.69) is 77.8 Å². The van der Waals surface area contributed by atoms with Gasteiger partial charge in [-0.3, -0.25) is 4.98 Å². The highest BCUT2D eigenvalue weighted by molar-refractivity contribution is 5.81. The van der Waals surface area contributed by atoms with Crippen molar-refractivity contribution in [2.24, 2.45) is 17.3 Å². The molecule has 2 aromatic heterocycles. The van der Waals surface area contributed by atoms with Crippen LogP contribution in [0.2, 0.25) is 0 Å². The highest BCUT2D eigenvalue weighted by Crippen LogP contribution is 2.80. The Morgan fingerprint density at radius 1 is 0.596 bits per heavy atom. The van der Waals surface area contributed by atoms with Crippen LogP contribution in [0.1, 0.15) is 54.2 Å². The molecule has 5 heteroatoms. The van der Waals surface area contributed by atoms with E-state index in [1.807, 2.05) is 48.8 Å². The van der Waals surface area contributed by atoms with Crippen molar-refractivity contribution in [3.63, 3.8) is 0 Å². The summed E-state index contributed by atoms with van der Waals surface area (Å²) in [5, 5.41) is 10.6. The predicted molar refractivity (Wildman–Crippen MR) is 183 cm³/mol. The van der Waals surface area contributed by atoms with E-state index in [0.717, 1.165) is 39.7 Å². The van der Waals surface area contributed by atoms with Crippen LogP contribution in [-0.2, 0) is 0 Å². The van der Waals surface area contributed by atoms with Crippen LogP contribution in [0.15, 0.2) is 116 Å². The Morgan fingerprint density at radius 2 is 1.30 bits per heavy atom. The lowest BCUT2D eigenvalue weighted by Gasteiger charge is -2.67. The largest absolute Gasteiger partial charge is 0.264 e. The fraction of sp³-hybridized carbons (Fsp3) is 0.214. The average Bonchev–Trinajstić information content (AvgIpc) is 3.50. The van der Waals surface area contributed by atoms with E-state index in [-0.39, 0.29) is 0 Å². The molecule has 0 aliphatic heterocycles. The van der Waals surface area contributed by atoms with Gasteiger partial charge in [0.2, 0.25) is 0 Å². The number of pyridine rings is 1. The highest BCUT2D eigenvalue weighted by Gasteiger charge is 2.70. The van der Waals surface area contributed by atoms with Crippen molar-refractivity contribution < 1.29 is 0 Å². The van der Waals surface area contributed by atoms with Gasteiger partial charge < -0.3 is 0 Å². The van der Waals surface area contributed by atoms with Gasteiger partial charge in [-0.2, -0.15) is 5.26 Å². The third-order valence-electron chi connectivity index (χ3n) is 11.8. The first kappa shape index (κ1) is 26.7. The predicted octanol–water partition coefficient (Wildman–Crippen LogP) is 9.47. The van der Waals surface area contributed by atoms with E-state index in [9.17, 15) is 5.26 Å². The smallest absolute Gasteiger partial charge is 0.165 e. The van der Waals surface area contributed by atoms with Crippen LogP contribution in [0.5, 0.6) is 0 Å². The molecule has 5 atom stereocenters. The average molecular weight is 606 g/mol. The lowest BCUT2D eigenvalue weighted by Crippen LogP contribution is -2.59. The Morgan fingerprint density at radius 3 is 2.09 bits per heavy atom. The van der Waals surface area contributed by atoms with Crippen molar-refractivity contribution in [3.05, 3.63) is 132 Å². The maximum atomic E-state index is 10.6. The van der Waals surface area contributed by atoms with Crippen LogP contribution in [0.4, 0.5) is 0 Å². The van der Waals surface area contributed by atoms with Gasteiger partial charge in [0.05, 0.1) is 11.6 Å². The summed E-state index contributed by atoms with van der Waals surface area (Å²) in [6.07, 6.45) is 9.10. The normalized spacial score (nSPS) is 24.3. The van der Waals surface area contributed by atoms with Gasteiger partial charge in [-0.15, -0.1) is 0 Å². The second-order valence-corrected chi connectivity index (χ2v) is 13.8. The first-order valence-corrected chi connectivity index (χ1v) is 16.7. The van der Waals surface area contributed by atoms with Crippen LogP contribution in [0, 0.1) is 28.6 Å². The zero-order chi connectivity index (χ0) is 31.1. The second kappa shape index (κ2) is 10.0. The topological polar surface area (TPSA) is 75.3 Å². The molecule has 4 aromatic carbocycles. The molecule has 4 aliphatic carbocycles. The molecule has 0 N–H and O–H groups in total. The maximum absolute atomic E-state index is 10.6. The van der Waals surface area contributed by atoms with Gasteiger partial charge in [0.25, 0.3) is 0 Å². The molecule has 3 fully saturated rings. The molecule has 3 saturated carbocycles. The molecule has 224 valence electrons. The Balaban J connectivity index is 1.19. The summed E-state index contributed by atoms with van der Waals surface area (Å²) in [5.74, 6) is 4.40. The number of rotatable bonds is 4. The third-order valence-corrected chi connectivity index (χ3v) is 11.8. The number of aromatic nitrogens is 4. The lowest BCUT2D eigenvalue weighted by atomic mass is 9.37. The van der Waals surface area contributed by atoms with Crippen molar-refractivity contribution in [2.75, 3.05) is 0 Å². The summed E-state index contributed by atoms with van der Waals surface area (Å²) < 4.78 is 0. The zero-order valence-corrected chi connectivity index (χ0v) is 25.8. The summed E-state index contributed by atoms with van der Waals surface area (Å²) in [7, 11) is 0. The first-order valence-electron chi connectivity index (χ1n) is 16.7. The molecular weight excluding hydrogens is 574 g/mol. The minimum Gasteiger partial charge on any atom is -0.264 e. The van der Waals surface area contributed by atoms with Gasteiger partial charge in [-0.25, -0.2) is 15.0 Å². The van der Waals surface area contributed by atoms with Crippen LogP contribution in [-0.4, -0.2) is 19.9 Å². The van der Waals surface area contributed by atoms with Crippen molar-refractivity contribution in [1.82, 2.24) is 19.9 Å². The van der Waals surface area contributed by atoms with Crippen LogP contribution < -0.4 is 0 Å². The summed E-state index contributed by atoms with van der Waals surface area (Å²) in [6.45, 7) is 0. The minimum atomic E-state index is 0.392. The van der Waals surface area contributed by atoms with Gasteiger partial charge in [0, 0.05) is 34.6 Å². The molecule has 5 unspecified atom stereocenters. The summed E-state index contributed by atoms with van der Waals surface area (Å²) in [4.78, 5) is 19.8. The standard InChI is InChI=1S/C42H31N5/c43-23-30-18-35-36(38-20-32-19-31-17-29(22-42(31,32)38)33-14-15-44-24-37(33)35)21-34(30)41-46-39(26-10-5-2-6-11-26)45-40(47-41)28-13-7-12-27(16-28)25-8-3-1-4-9-25/h1-16,18,21,24,29,31-32,38H,17,19-20,22H2. The van der Waals surface area contributed by atoms with Gasteiger partial charge in [-0.1, -0.05) is 78.9 Å². The SMILES string of the molecule is N#Cc1cc2c(cc1-c1nc(-c3ccccc3)nc(-c3cccc(-c4ccccc4)c3)n1)C1CC3CC4CC(CC431)c1ccncc1-2. The molecule has 5 nitrogen and oxygen atoms in total. The van der Waals surface area contributed by atoms with Crippen molar-refractivity contribution in [2.45, 2.75) is 37.5 Å². The van der Waals surface area contributed by atoms with Crippen LogP contribution >= 0.6 is 0 Å². The maximum Gasteiger partial charge on any atom is 0.165 e. The highest BCUT2D eigenvalue weighted by atomic mass is 15.0. The molecule has 4 aliphatic rings. The zero-order valence-electron chi connectivity index (χ0n) is 25.8.